The Labute approximate surface area is 102 Å². The molecular weight excluding hydrogens is 212 g/mol. The monoisotopic (exact) mass is 232 g/mol. The highest BCUT2D eigenvalue weighted by Crippen LogP contribution is 2.33. The van der Waals surface area contributed by atoms with Crippen molar-refractivity contribution >= 4 is 5.91 Å². The van der Waals surface area contributed by atoms with Gasteiger partial charge < -0.3 is 11.1 Å². The number of amides is 1. The summed E-state index contributed by atoms with van der Waals surface area (Å²) in [4.78, 5) is 11.8. The van der Waals surface area contributed by atoms with Crippen molar-refractivity contribution in [2.75, 3.05) is 13.1 Å². The fraction of sp³-hybridized carbons (Fsp3) is 0.500. The molecule has 3 heteroatoms. The van der Waals surface area contributed by atoms with Crippen LogP contribution in [0.1, 0.15) is 30.9 Å². The van der Waals surface area contributed by atoms with E-state index in [2.05, 4.69) is 36.5 Å². The number of benzene rings is 1. The number of nitrogens with two attached hydrogens (primary N) is 1. The first-order chi connectivity index (χ1) is 8.19. The maximum atomic E-state index is 11.8. The summed E-state index contributed by atoms with van der Waals surface area (Å²) in [6, 6.07) is 8.33. The van der Waals surface area contributed by atoms with Crippen molar-refractivity contribution in [1.82, 2.24) is 5.32 Å². The summed E-state index contributed by atoms with van der Waals surface area (Å²) in [6.07, 6.45) is 2.62. The molecule has 0 unspecified atom stereocenters. The number of aryl methyl sites for hydroxylation is 1. The molecule has 1 aliphatic rings. The first-order valence-corrected chi connectivity index (χ1v) is 6.29. The predicted octanol–water partition coefficient (Wildman–Crippen LogP) is 1.36. The zero-order valence-corrected chi connectivity index (χ0v) is 10.3. The Balaban J connectivity index is 2.34. The van der Waals surface area contributed by atoms with E-state index in [-0.39, 0.29) is 5.91 Å². The van der Waals surface area contributed by atoms with Gasteiger partial charge in [0.25, 0.3) is 0 Å². The van der Waals surface area contributed by atoms with Gasteiger partial charge in [-0.05, 0) is 43.5 Å². The van der Waals surface area contributed by atoms with Gasteiger partial charge in [0.05, 0.1) is 5.41 Å². The first-order valence-electron chi connectivity index (χ1n) is 6.29. The summed E-state index contributed by atoms with van der Waals surface area (Å²) in [5.41, 5.74) is 7.54. The summed E-state index contributed by atoms with van der Waals surface area (Å²) in [6.45, 7) is 3.85. The third-order valence-corrected chi connectivity index (χ3v) is 3.84. The number of hydrogen-bond donors (Lipinski definition) is 2. The second-order valence-corrected chi connectivity index (χ2v) is 4.75. The highest BCUT2D eigenvalue weighted by atomic mass is 16.1. The average molecular weight is 232 g/mol. The van der Waals surface area contributed by atoms with Crippen molar-refractivity contribution in [3.05, 3.63) is 35.4 Å². The highest BCUT2D eigenvalue weighted by Gasteiger charge is 2.39. The molecule has 0 atom stereocenters. The summed E-state index contributed by atoms with van der Waals surface area (Å²) in [5.74, 6) is -0.191. The minimum atomic E-state index is -0.461. The molecule has 2 rings (SSSR count). The van der Waals surface area contributed by atoms with Gasteiger partial charge in [0.2, 0.25) is 5.91 Å². The topological polar surface area (TPSA) is 55.1 Å². The van der Waals surface area contributed by atoms with Gasteiger partial charge in [-0.2, -0.15) is 0 Å². The van der Waals surface area contributed by atoms with Crippen LogP contribution in [-0.2, 0) is 16.6 Å². The molecule has 0 bridgehead atoms. The van der Waals surface area contributed by atoms with Gasteiger partial charge in [-0.25, -0.2) is 0 Å². The first kappa shape index (κ1) is 12.1. The van der Waals surface area contributed by atoms with E-state index in [1.54, 1.807) is 0 Å². The van der Waals surface area contributed by atoms with E-state index in [9.17, 15) is 4.79 Å². The van der Waals surface area contributed by atoms with E-state index in [1.807, 2.05) is 0 Å². The minimum absolute atomic E-state index is 0.191. The standard InChI is InChI=1S/C14H20N2O/c1-2-11-3-5-12(6-4-11)14(13(15)17)7-9-16-10-8-14/h3-6,16H,2,7-10H2,1H3,(H2,15,17). The van der Waals surface area contributed by atoms with Crippen LogP contribution < -0.4 is 11.1 Å². The van der Waals surface area contributed by atoms with E-state index >= 15 is 0 Å². The quantitative estimate of drug-likeness (QED) is 0.826. The van der Waals surface area contributed by atoms with Gasteiger partial charge in [-0.1, -0.05) is 31.2 Å². The smallest absolute Gasteiger partial charge is 0.228 e. The molecule has 1 saturated heterocycles. The molecule has 0 aromatic heterocycles. The van der Waals surface area contributed by atoms with Crippen LogP contribution in [0.3, 0.4) is 0 Å². The lowest BCUT2D eigenvalue weighted by atomic mass is 9.72. The Kier molecular flexibility index (Phi) is 3.48. The van der Waals surface area contributed by atoms with Gasteiger partial charge >= 0.3 is 0 Å². The molecule has 1 aromatic rings. The van der Waals surface area contributed by atoms with Crippen molar-refractivity contribution in [3.8, 4) is 0 Å². The van der Waals surface area contributed by atoms with Gasteiger partial charge in [0.1, 0.15) is 0 Å². The molecule has 17 heavy (non-hydrogen) atoms. The lowest BCUT2D eigenvalue weighted by Gasteiger charge is -2.35. The van der Waals surface area contributed by atoms with Crippen LogP contribution in [0.4, 0.5) is 0 Å². The van der Waals surface area contributed by atoms with Crippen LogP contribution >= 0.6 is 0 Å². The molecule has 1 amide bonds. The minimum Gasteiger partial charge on any atom is -0.369 e. The van der Waals surface area contributed by atoms with Crippen LogP contribution in [0.25, 0.3) is 0 Å². The number of piperidine rings is 1. The fourth-order valence-corrected chi connectivity index (χ4v) is 2.59. The largest absolute Gasteiger partial charge is 0.369 e. The number of carbonyl (C=O) groups is 1. The lowest BCUT2D eigenvalue weighted by Crippen LogP contribution is -2.48. The van der Waals surface area contributed by atoms with Crippen LogP contribution in [0.5, 0.6) is 0 Å². The normalized spacial score (nSPS) is 18.9. The summed E-state index contributed by atoms with van der Waals surface area (Å²) in [5, 5.41) is 3.28. The Hall–Kier alpha value is -1.35. The maximum Gasteiger partial charge on any atom is 0.228 e. The zero-order valence-electron chi connectivity index (χ0n) is 10.3. The highest BCUT2D eigenvalue weighted by molar-refractivity contribution is 5.86. The van der Waals surface area contributed by atoms with Crippen molar-refractivity contribution in [2.45, 2.75) is 31.6 Å². The van der Waals surface area contributed by atoms with Crippen LogP contribution in [0.15, 0.2) is 24.3 Å². The molecule has 0 radical (unpaired) electrons. The molecule has 3 N–H and O–H groups in total. The second kappa shape index (κ2) is 4.88. The zero-order chi connectivity index (χ0) is 12.3. The van der Waals surface area contributed by atoms with Gasteiger partial charge in [0.15, 0.2) is 0 Å². The number of carbonyl (C=O) groups excluding carboxylic acids is 1. The number of nitrogens with one attached hydrogen (secondary N) is 1. The summed E-state index contributed by atoms with van der Waals surface area (Å²) < 4.78 is 0. The molecule has 1 aliphatic heterocycles. The molecular formula is C14H20N2O. The fourth-order valence-electron chi connectivity index (χ4n) is 2.59. The van der Waals surface area contributed by atoms with Crippen molar-refractivity contribution in [3.63, 3.8) is 0 Å². The summed E-state index contributed by atoms with van der Waals surface area (Å²) in [7, 11) is 0. The van der Waals surface area contributed by atoms with E-state index in [1.165, 1.54) is 5.56 Å². The Morgan fingerprint density at radius 2 is 1.88 bits per heavy atom. The molecule has 1 heterocycles. The van der Waals surface area contributed by atoms with Crippen LogP contribution in [-0.4, -0.2) is 19.0 Å². The Bertz CT molecular complexity index is 391. The van der Waals surface area contributed by atoms with E-state index in [0.29, 0.717) is 0 Å². The van der Waals surface area contributed by atoms with Crippen molar-refractivity contribution < 1.29 is 4.79 Å². The molecule has 1 fully saturated rings. The van der Waals surface area contributed by atoms with E-state index in [4.69, 9.17) is 5.73 Å². The van der Waals surface area contributed by atoms with E-state index in [0.717, 1.165) is 37.9 Å². The molecule has 92 valence electrons. The molecule has 0 aliphatic carbocycles. The molecule has 0 saturated carbocycles. The second-order valence-electron chi connectivity index (χ2n) is 4.75. The van der Waals surface area contributed by atoms with E-state index < -0.39 is 5.41 Å². The average Bonchev–Trinajstić information content (AvgIpc) is 2.39. The predicted molar refractivity (Wildman–Crippen MR) is 68.8 cm³/mol. The number of rotatable bonds is 3. The van der Waals surface area contributed by atoms with Crippen LogP contribution in [0, 0.1) is 0 Å². The summed E-state index contributed by atoms with van der Waals surface area (Å²) >= 11 is 0. The van der Waals surface area contributed by atoms with Gasteiger partial charge in [0, 0.05) is 0 Å². The van der Waals surface area contributed by atoms with Crippen molar-refractivity contribution in [2.24, 2.45) is 5.73 Å². The van der Waals surface area contributed by atoms with Gasteiger partial charge in [-0.3, -0.25) is 4.79 Å². The number of primary amides is 1. The maximum absolute atomic E-state index is 11.8. The third-order valence-electron chi connectivity index (χ3n) is 3.84. The Morgan fingerprint density at radius 1 is 1.29 bits per heavy atom. The third kappa shape index (κ3) is 2.20. The van der Waals surface area contributed by atoms with Crippen molar-refractivity contribution in [1.29, 1.82) is 0 Å². The lowest BCUT2D eigenvalue weighted by molar-refractivity contribution is -0.124. The number of hydrogen-bond acceptors (Lipinski definition) is 2. The van der Waals surface area contributed by atoms with Gasteiger partial charge in [-0.15, -0.1) is 0 Å². The Morgan fingerprint density at radius 3 is 2.35 bits per heavy atom. The molecule has 3 nitrogen and oxygen atoms in total. The molecule has 0 spiro atoms. The SMILES string of the molecule is CCc1ccc(C2(C(N)=O)CCNCC2)cc1. The van der Waals surface area contributed by atoms with Crippen LogP contribution in [0.2, 0.25) is 0 Å². The molecule has 1 aromatic carbocycles.